The van der Waals surface area contributed by atoms with E-state index in [1.807, 2.05) is 42.5 Å². The second-order valence-electron chi connectivity index (χ2n) is 7.44. The predicted octanol–water partition coefficient (Wildman–Crippen LogP) is 1.43. The van der Waals surface area contributed by atoms with E-state index in [0.29, 0.717) is 11.3 Å². The van der Waals surface area contributed by atoms with Crippen LogP contribution >= 0.6 is 0 Å². The van der Waals surface area contributed by atoms with Crippen molar-refractivity contribution < 1.29 is 24.1 Å². The Kier molecular flexibility index (Phi) is 5.55. The molecule has 31 heavy (non-hydrogen) atoms. The molecule has 2 aromatic carbocycles. The molecule has 3 aromatic rings. The molecule has 2 heterocycles. The van der Waals surface area contributed by atoms with Crippen LogP contribution in [0.15, 0.2) is 83.5 Å². The van der Waals surface area contributed by atoms with Crippen molar-refractivity contribution in [3.05, 3.63) is 95.9 Å². The van der Waals surface area contributed by atoms with Gasteiger partial charge in [-0.05, 0) is 24.6 Å². The van der Waals surface area contributed by atoms with Gasteiger partial charge in [-0.15, -0.1) is 0 Å². The second kappa shape index (κ2) is 8.45. The Labute approximate surface area is 179 Å². The lowest BCUT2D eigenvalue weighted by molar-refractivity contribution is -0.678. The van der Waals surface area contributed by atoms with Crippen LogP contribution in [0.5, 0.6) is 0 Å². The van der Waals surface area contributed by atoms with Gasteiger partial charge in [-0.1, -0.05) is 60.7 Å². The summed E-state index contributed by atoms with van der Waals surface area (Å²) in [6, 6.07) is 21.3. The van der Waals surface area contributed by atoms with Gasteiger partial charge in [0.25, 0.3) is 11.8 Å². The van der Waals surface area contributed by atoms with Gasteiger partial charge in [0, 0.05) is 5.56 Å². The third-order valence-electron chi connectivity index (χ3n) is 5.33. The zero-order valence-electron chi connectivity index (χ0n) is 16.9. The fourth-order valence-corrected chi connectivity index (χ4v) is 3.65. The van der Waals surface area contributed by atoms with Crippen LogP contribution in [0.3, 0.4) is 0 Å². The number of nitrogens with two attached hydrogens (primary N) is 1. The summed E-state index contributed by atoms with van der Waals surface area (Å²) in [6.07, 6.45) is 1.58. The van der Waals surface area contributed by atoms with Gasteiger partial charge in [0.15, 0.2) is 18.3 Å². The molecule has 1 aromatic heterocycles. The number of imide groups is 1. The van der Waals surface area contributed by atoms with Gasteiger partial charge in [-0.2, -0.15) is 5.01 Å². The van der Waals surface area contributed by atoms with Crippen LogP contribution in [-0.4, -0.2) is 29.4 Å². The van der Waals surface area contributed by atoms with Crippen molar-refractivity contribution >= 4 is 17.8 Å². The lowest BCUT2D eigenvalue weighted by Crippen LogP contribution is -2.88. The molecule has 4 rings (SSSR count). The van der Waals surface area contributed by atoms with Crippen LogP contribution in [0.2, 0.25) is 0 Å². The normalized spacial score (nSPS) is 19.2. The maximum Gasteiger partial charge on any atom is 0.344 e. The molecule has 4 amide bonds. The minimum atomic E-state index is -1.24. The molecule has 1 saturated heterocycles. The number of quaternary nitrogens is 1. The summed E-state index contributed by atoms with van der Waals surface area (Å²) in [7, 11) is 0. The maximum atomic E-state index is 12.9. The van der Waals surface area contributed by atoms with Crippen molar-refractivity contribution in [2.24, 2.45) is 0 Å². The van der Waals surface area contributed by atoms with Crippen molar-refractivity contribution in [3.63, 3.8) is 0 Å². The van der Waals surface area contributed by atoms with Crippen LogP contribution < -0.4 is 16.1 Å². The molecule has 0 aliphatic carbocycles. The number of nitrogens with one attached hydrogen (secondary N) is 2. The average Bonchev–Trinajstić information content (AvgIpc) is 3.39. The summed E-state index contributed by atoms with van der Waals surface area (Å²) < 4.78 is 5.53. The summed E-state index contributed by atoms with van der Waals surface area (Å²) in [5.41, 5.74) is 2.79. The SMILES string of the molecule is C[C@@]1(c2ccccc2)NC(=O)N(NC(=O)C[NH2+][C@H](c2ccccc2)c2ccco2)C1=O. The largest absolute Gasteiger partial charge is 0.463 e. The highest BCUT2D eigenvalue weighted by molar-refractivity contribution is 6.08. The molecule has 8 heteroatoms. The van der Waals surface area contributed by atoms with Crippen molar-refractivity contribution in [2.75, 3.05) is 6.54 Å². The number of hydrogen-bond acceptors (Lipinski definition) is 4. The Bertz CT molecular complexity index is 1070. The molecular formula is C23H23N4O4+. The smallest absolute Gasteiger partial charge is 0.344 e. The number of benzene rings is 2. The highest BCUT2D eigenvalue weighted by atomic mass is 16.3. The van der Waals surface area contributed by atoms with Gasteiger partial charge in [0.2, 0.25) is 0 Å². The first-order valence-electron chi connectivity index (χ1n) is 9.92. The number of amides is 4. The van der Waals surface area contributed by atoms with Gasteiger partial charge in [-0.25, -0.2) is 4.79 Å². The third kappa shape index (κ3) is 4.06. The molecule has 0 bridgehead atoms. The fraction of sp³-hybridized carbons (Fsp3) is 0.174. The van der Waals surface area contributed by atoms with E-state index < -0.39 is 23.4 Å². The van der Waals surface area contributed by atoms with E-state index in [0.717, 1.165) is 10.6 Å². The second-order valence-corrected chi connectivity index (χ2v) is 7.44. The minimum absolute atomic E-state index is 0.0145. The number of furan rings is 1. The van der Waals surface area contributed by atoms with Crippen LogP contribution in [-0.2, 0) is 15.1 Å². The quantitative estimate of drug-likeness (QED) is 0.504. The summed E-state index contributed by atoms with van der Waals surface area (Å²) in [5.74, 6) is -0.318. The van der Waals surface area contributed by atoms with E-state index in [9.17, 15) is 14.4 Å². The average molecular weight is 419 g/mol. The lowest BCUT2D eigenvalue weighted by atomic mass is 9.92. The predicted molar refractivity (Wildman–Crippen MR) is 111 cm³/mol. The van der Waals surface area contributed by atoms with E-state index in [-0.39, 0.29) is 12.6 Å². The number of carbonyl (C=O) groups is 3. The van der Waals surface area contributed by atoms with Gasteiger partial charge >= 0.3 is 6.03 Å². The first kappa shape index (κ1) is 20.4. The number of carbonyl (C=O) groups excluding carboxylic acids is 3. The zero-order chi connectivity index (χ0) is 21.8. The van der Waals surface area contributed by atoms with Crippen molar-refractivity contribution in [2.45, 2.75) is 18.5 Å². The van der Waals surface area contributed by atoms with E-state index in [1.165, 1.54) is 0 Å². The third-order valence-corrected chi connectivity index (χ3v) is 5.33. The van der Waals surface area contributed by atoms with Gasteiger partial charge in [0.1, 0.15) is 5.54 Å². The van der Waals surface area contributed by atoms with Crippen molar-refractivity contribution in [3.8, 4) is 0 Å². The molecule has 4 N–H and O–H groups in total. The number of urea groups is 1. The van der Waals surface area contributed by atoms with Crippen molar-refractivity contribution in [1.82, 2.24) is 15.8 Å². The fourth-order valence-electron chi connectivity index (χ4n) is 3.65. The molecule has 8 nitrogen and oxygen atoms in total. The molecular weight excluding hydrogens is 396 g/mol. The molecule has 1 aliphatic heterocycles. The molecule has 1 aliphatic rings. The number of rotatable bonds is 7. The first-order chi connectivity index (χ1) is 15.0. The van der Waals surface area contributed by atoms with Gasteiger partial charge in [-0.3, -0.25) is 15.0 Å². The van der Waals surface area contributed by atoms with E-state index in [1.54, 1.807) is 48.8 Å². The summed E-state index contributed by atoms with van der Waals surface area (Å²) in [6.45, 7) is 1.60. The molecule has 0 spiro atoms. The standard InChI is InChI=1S/C23H22N4O4/c1-23(17-11-6-3-7-12-17)21(29)27(22(30)25-23)26-19(28)15-24-20(18-13-8-14-31-18)16-9-4-2-5-10-16/h2-14,20,24H,15H2,1H3,(H,25,30)(H,26,28)/p+1/t20-,23+/m1/s1. The molecule has 0 saturated carbocycles. The zero-order valence-corrected chi connectivity index (χ0v) is 16.9. The molecule has 2 atom stereocenters. The van der Waals surface area contributed by atoms with Gasteiger partial charge < -0.3 is 15.1 Å². The van der Waals surface area contributed by atoms with Crippen LogP contribution in [0.1, 0.15) is 29.9 Å². The van der Waals surface area contributed by atoms with Crippen LogP contribution in [0.4, 0.5) is 4.79 Å². The minimum Gasteiger partial charge on any atom is -0.463 e. The van der Waals surface area contributed by atoms with Crippen LogP contribution in [0.25, 0.3) is 0 Å². The molecule has 0 unspecified atom stereocenters. The monoisotopic (exact) mass is 419 g/mol. The number of hydrazine groups is 1. The van der Waals surface area contributed by atoms with E-state index in [2.05, 4.69) is 10.7 Å². The molecule has 1 fully saturated rings. The number of hydrogen-bond donors (Lipinski definition) is 3. The van der Waals surface area contributed by atoms with E-state index >= 15 is 0 Å². The Morgan fingerprint density at radius 3 is 2.39 bits per heavy atom. The van der Waals surface area contributed by atoms with E-state index in [4.69, 9.17) is 4.42 Å². The summed E-state index contributed by atoms with van der Waals surface area (Å²) in [4.78, 5) is 37.9. The topological polar surface area (TPSA) is 108 Å². The van der Waals surface area contributed by atoms with Crippen molar-refractivity contribution in [1.29, 1.82) is 0 Å². The first-order valence-corrected chi connectivity index (χ1v) is 9.92. The maximum absolute atomic E-state index is 12.9. The Hall–Kier alpha value is -3.91. The Morgan fingerprint density at radius 1 is 1.06 bits per heavy atom. The number of nitrogens with zero attached hydrogens (tertiary/aromatic N) is 1. The Balaban J connectivity index is 1.44. The molecule has 158 valence electrons. The highest BCUT2D eigenvalue weighted by Gasteiger charge is 2.50. The summed E-state index contributed by atoms with van der Waals surface area (Å²) in [5, 5.41) is 5.20. The molecule has 0 radical (unpaired) electrons. The van der Waals surface area contributed by atoms with Crippen LogP contribution in [0, 0.1) is 0 Å². The van der Waals surface area contributed by atoms with Gasteiger partial charge in [0.05, 0.1) is 6.26 Å². The summed E-state index contributed by atoms with van der Waals surface area (Å²) >= 11 is 0. The highest BCUT2D eigenvalue weighted by Crippen LogP contribution is 2.27. The Morgan fingerprint density at radius 2 is 1.74 bits per heavy atom. The lowest BCUT2D eigenvalue weighted by Gasteiger charge is -2.22.